The molecule has 0 saturated heterocycles. The smallest absolute Gasteiger partial charge is 0.232 e. The van der Waals surface area contributed by atoms with Gasteiger partial charge in [-0.3, -0.25) is 5.10 Å². The highest BCUT2D eigenvalue weighted by Crippen LogP contribution is 2.27. The Morgan fingerprint density at radius 2 is 1.75 bits per heavy atom. The zero-order chi connectivity index (χ0) is 21.8. The molecule has 8 heteroatoms. The van der Waals surface area contributed by atoms with Crippen LogP contribution in [0.15, 0.2) is 88.9 Å². The van der Waals surface area contributed by atoms with Crippen molar-refractivity contribution in [1.29, 1.82) is 0 Å². The predicted molar refractivity (Wildman–Crippen MR) is 126 cm³/mol. The van der Waals surface area contributed by atoms with Crippen molar-refractivity contribution in [2.24, 2.45) is 0 Å². The van der Waals surface area contributed by atoms with Gasteiger partial charge in [0.15, 0.2) is 11.0 Å². The van der Waals surface area contributed by atoms with Crippen molar-refractivity contribution in [3.05, 3.63) is 90.3 Å². The first-order chi connectivity index (χ1) is 15.8. The highest BCUT2D eigenvalue weighted by atomic mass is 32.2. The van der Waals surface area contributed by atoms with Crippen LogP contribution in [-0.4, -0.2) is 32.3 Å². The third-order valence-electron chi connectivity index (χ3n) is 4.81. The average molecular weight is 441 g/mol. The minimum atomic E-state index is 0.452. The van der Waals surface area contributed by atoms with Crippen molar-refractivity contribution in [2.75, 3.05) is 12.4 Å². The predicted octanol–water partition coefficient (Wildman–Crippen LogP) is 5.24. The lowest BCUT2D eigenvalue weighted by atomic mass is 10.1. The summed E-state index contributed by atoms with van der Waals surface area (Å²) in [6, 6.07) is 25.9. The van der Waals surface area contributed by atoms with Gasteiger partial charge in [0.1, 0.15) is 11.6 Å². The molecular weight excluding hydrogens is 420 g/mol. The largest absolute Gasteiger partial charge is 0.497 e. The van der Waals surface area contributed by atoms with Crippen LogP contribution in [0.5, 0.6) is 5.75 Å². The maximum atomic E-state index is 5.35. The highest BCUT2D eigenvalue weighted by molar-refractivity contribution is 7.99. The first-order valence-corrected chi connectivity index (χ1v) is 10.9. The summed E-state index contributed by atoms with van der Waals surface area (Å²) in [5, 5.41) is 12.3. The van der Waals surface area contributed by atoms with Crippen LogP contribution in [0.3, 0.4) is 0 Å². The molecule has 0 radical (unpaired) electrons. The number of rotatable bonds is 7. The van der Waals surface area contributed by atoms with E-state index in [1.54, 1.807) is 7.11 Å². The molecule has 0 bridgehead atoms. The third kappa shape index (κ3) is 4.55. The van der Waals surface area contributed by atoms with E-state index in [1.807, 2.05) is 78.9 Å². The van der Waals surface area contributed by atoms with Crippen LogP contribution in [-0.2, 0) is 6.42 Å². The minimum absolute atomic E-state index is 0.452. The van der Waals surface area contributed by atoms with Crippen molar-refractivity contribution in [3.63, 3.8) is 0 Å². The van der Waals surface area contributed by atoms with Gasteiger partial charge in [-0.15, -0.1) is 0 Å². The van der Waals surface area contributed by atoms with Gasteiger partial charge in [0.05, 0.1) is 12.6 Å². The van der Waals surface area contributed by atoms with Crippen LogP contribution < -0.4 is 10.1 Å². The molecule has 158 valence electrons. The zero-order valence-electron chi connectivity index (χ0n) is 17.3. The van der Waals surface area contributed by atoms with E-state index in [-0.39, 0.29) is 0 Å². The van der Waals surface area contributed by atoms with Gasteiger partial charge in [-0.25, -0.2) is 4.98 Å². The number of benzene rings is 3. The topological polar surface area (TPSA) is 88.6 Å². The van der Waals surface area contributed by atoms with Gasteiger partial charge in [0.25, 0.3) is 0 Å². The number of H-pyrrole nitrogens is 1. The van der Waals surface area contributed by atoms with E-state index in [2.05, 4.69) is 25.5 Å². The number of aromatic nitrogens is 5. The van der Waals surface area contributed by atoms with Gasteiger partial charge in [0, 0.05) is 16.7 Å². The summed E-state index contributed by atoms with van der Waals surface area (Å²) in [4.78, 5) is 15.1. The number of nitrogens with zero attached hydrogens (tertiary/aromatic N) is 4. The summed E-state index contributed by atoms with van der Waals surface area (Å²) in [7, 11) is 1.66. The lowest BCUT2D eigenvalue weighted by Crippen LogP contribution is -2.06. The summed E-state index contributed by atoms with van der Waals surface area (Å²) in [6.07, 6.45) is 0.554. The lowest BCUT2D eigenvalue weighted by molar-refractivity contribution is 0.414. The molecular formula is C24H20N6OS. The van der Waals surface area contributed by atoms with E-state index in [4.69, 9.17) is 9.72 Å². The number of ether oxygens (including phenoxy) is 1. The molecule has 0 fully saturated rings. The van der Waals surface area contributed by atoms with Crippen LogP contribution in [0.4, 0.5) is 11.8 Å². The standard InChI is InChI=1S/C24H20N6OS/c1-31-17-9-7-8-16(14-17)15-21-25-23(27-22-19-12-5-6-13-20(19)29-30-22)28-24(26-21)32-18-10-3-2-4-11-18/h2-14H,15H2,1H3,(H2,25,26,27,28,29,30). The highest BCUT2D eigenvalue weighted by Gasteiger charge is 2.12. The van der Waals surface area contributed by atoms with Crippen molar-refractivity contribution in [3.8, 4) is 5.75 Å². The maximum Gasteiger partial charge on any atom is 0.232 e. The molecule has 0 unspecified atom stereocenters. The van der Waals surface area contributed by atoms with Gasteiger partial charge >= 0.3 is 0 Å². The fourth-order valence-corrected chi connectivity index (χ4v) is 4.09. The Labute approximate surface area is 189 Å². The molecule has 0 aliphatic carbocycles. The second-order valence-corrected chi connectivity index (χ2v) is 8.08. The summed E-state index contributed by atoms with van der Waals surface area (Å²) < 4.78 is 5.35. The van der Waals surface area contributed by atoms with Gasteiger partial charge in [0.2, 0.25) is 5.95 Å². The molecule has 0 atom stereocenters. The van der Waals surface area contributed by atoms with E-state index in [1.165, 1.54) is 11.8 Å². The van der Waals surface area contributed by atoms with Crippen LogP contribution in [0.25, 0.3) is 10.9 Å². The van der Waals surface area contributed by atoms with Gasteiger partial charge in [-0.05, 0) is 53.7 Å². The van der Waals surface area contributed by atoms with E-state index in [9.17, 15) is 0 Å². The Morgan fingerprint density at radius 1 is 0.906 bits per heavy atom. The summed E-state index contributed by atoms with van der Waals surface area (Å²) in [5.74, 6) is 2.59. The van der Waals surface area contributed by atoms with E-state index >= 15 is 0 Å². The molecule has 5 rings (SSSR count). The van der Waals surface area contributed by atoms with Gasteiger partial charge in [-0.1, -0.05) is 42.5 Å². The Kier molecular flexibility index (Phi) is 5.67. The molecule has 0 aliphatic heterocycles. The average Bonchev–Trinajstić information content (AvgIpc) is 3.22. The lowest BCUT2D eigenvalue weighted by Gasteiger charge is -2.09. The third-order valence-corrected chi connectivity index (χ3v) is 5.68. The Bertz CT molecular complexity index is 1360. The zero-order valence-corrected chi connectivity index (χ0v) is 18.1. The minimum Gasteiger partial charge on any atom is -0.497 e. The second-order valence-electron chi connectivity index (χ2n) is 7.04. The molecule has 0 saturated carbocycles. The first kappa shape index (κ1) is 20.0. The monoisotopic (exact) mass is 440 g/mol. The van der Waals surface area contributed by atoms with Crippen molar-refractivity contribution in [1.82, 2.24) is 25.1 Å². The van der Waals surface area contributed by atoms with Crippen molar-refractivity contribution >= 4 is 34.4 Å². The number of nitrogens with one attached hydrogen (secondary N) is 2. The van der Waals surface area contributed by atoms with E-state index in [0.29, 0.717) is 29.2 Å². The summed E-state index contributed by atoms with van der Waals surface area (Å²) in [5.41, 5.74) is 2.00. The second kappa shape index (κ2) is 9.07. The molecule has 32 heavy (non-hydrogen) atoms. The van der Waals surface area contributed by atoms with E-state index in [0.717, 1.165) is 27.1 Å². The quantitative estimate of drug-likeness (QED) is 0.358. The van der Waals surface area contributed by atoms with Gasteiger partial charge in [-0.2, -0.15) is 15.1 Å². The molecule has 7 nitrogen and oxygen atoms in total. The molecule has 0 aliphatic rings. The van der Waals surface area contributed by atoms with E-state index < -0.39 is 0 Å². The number of aromatic amines is 1. The number of para-hydroxylation sites is 1. The Balaban J connectivity index is 1.49. The molecule has 5 aromatic rings. The molecule has 2 heterocycles. The number of anilines is 2. The first-order valence-electron chi connectivity index (χ1n) is 10.1. The number of methoxy groups -OCH3 is 1. The fraction of sp³-hybridized carbons (Fsp3) is 0.0833. The summed E-state index contributed by atoms with van der Waals surface area (Å²) in [6.45, 7) is 0. The van der Waals surface area contributed by atoms with Crippen molar-refractivity contribution < 1.29 is 4.74 Å². The molecule has 2 aromatic heterocycles. The normalized spacial score (nSPS) is 10.9. The van der Waals surface area contributed by atoms with Crippen LogP contribution in [0.2, 0.25) is 0 Å². The van der Waals surface area contributed by atoms with Gasteiger partial charge < -0.3 is 10.1 Å². The summed E-state index contributed by atoms with van der Waals surface area (Å²) >= 11 is 1.50. The van der Waals surface area contributed by atoms with Crippen LogP contribution in [0.1, 0.15) is 11.4 Å². The number of hydrogen-bond acceptors (Lipinski definition) is 7. The SMILES string of the molecule is COc1cccc(Cc2nc(Nc3n[nH]c4ccccc34)nc(Sc3ccccc3)n2)c1. The molecule has 2 N–H and O–H groups in total. The Hall–Kier alpha value is -3.91. The van der Waals surface area contributed by atoms with Crippen molar-refractivity contribution in [2.45, 2.75) is 16.5 Å². The molecule has 3 aromatic carbocycles. The van der Waals surface area contributed by atoms with Crippen LogP contribution in [0, 0.1) is 0 Å². The molecule has 0 spiro atoms. The molecule has 0 amide bonds. The number of hydrogen-bond donors (Lipinski definition) is 2. The maximum absolute atomic E-state index is 5.35. The number of fused-ring (bicyclic) bond motifs is 1. The fourth-order valence-electron chi connectivity index (χ4n) is 3.30. The van der Waals surface area contributed by atoms with Crippen LogP contribution >= 0.6 is 11.8 Å². The Morgan fingerprint density at radius 3 is 2.62 bits per heavy atom.